The highest BCUT2D eigenvalue weighted by Crippen LogP contribution is 2.19. The summed E-state index contributed by atoms with van der Waals surface area (Å²) in [6.07, 6.45) is 1.46. The highest BCUT2D eigenvalue weighted by Gasteiger charge is 2.10. The number of hydrogen-bond donors (Lipinski definition) is 0. The smallest absolute Gasteiger partial charge is 0.337 e. The number of ether oxygens (including phenoxy) is 1. The van der Waals surface area contributed by atoms with Gasteiger partial charge in [-0.25, -0.2) is 14.8 Å². The molecule has 0 aliphatic rings. The Morgan fingerprint density at radius 1 is 1.22 bits per heavy atom. The van der Waals surface area contributed by atoms with E-state index in [1.165, 1.54) is 31.5 Å². The number of methoxy groups -OCH3 is 1. The predicted molar refractivity (Wildman–Crippen MR) is 66.6 cm³/mol. The molecule has 0 aliphatic heterocycles. The van der Waals surface area contributed by atoms with Crippen molar-refractivity contribution in [2.75, 3.05) is 7.11 Å². The molecule has 5 nitrogen and oxygen atoms in total. The van der Waals surface area contributed by atoms with Crippen molar-refractivity contribution in [3.05, 3.63) is 40.3 Å². The van der Waals surface area contributed by atoms with E-state index in [-0.39, 0.29) is 16.1 Å². The summed E-state index contributed by atoms with van der Waals surface area (Å²) in [7, 11) is 1.30. The highest BCUT2D eigenvalue weighted by molar-refractivity contribution is 6.33. The van der Waals surface area contributed by atoms with E-state index in [0.29, 0.717) is 11.3 Å². The van der Waals surface area contributed by atoms with Gasteiger partial charge in [0.2, 0.25) is 0 Å². The minimum absolute atomic E-state index is 0.204. The lowest BCUT2D eigenvalue weighted by Crippen LogP contribution is -2.02. The molecular weight excluding hydrogens is 277 g/mol. The average Bonchev–Trinajstić information content (AvgIpc) is 2.37. The molecule has 0 unspecified atom stereocenters. The molecule has 0 fully saturated rings. The van der Waals surface area contributed by atoms with Crippen molar-refractivity contribution >= 4 is 29.2 Å². The van der Waals surface area contributed by atoms with E-state index >= 15 is 0 Å². The molecule has 0 saturated heterocycles. The number of pyridine rings is 1. The first-order chi connectivity index (χ1) is 8.60. The van der Waals surface area contributed by atoms with E-state index in [1.807, 2.05) is 0 Å². The molecule has 18 heavy (non-hydrogen) atoms. The van der Waals surface area contributed by atoms with Crippen LogP contribution in [0.1, 0.15) is 10.4 Å². The Balaban J connectivity index is 2.47. The second kappa shape index (κ2) is 5.29. The number of aromatic nitrogens is 3. The third kappa shape index (κ3) is 2.75. The summed E-state index contributed by atoms with van der Waals surface area (Å²) in [5, 5.41) is 0.408. The van der Waals surface area contributed by atoms with Crippen molar-refractivity contribution in [3.63, 3.8) is 0 Å². The maximum Gasteiger partial charge on any atom is 0.337 e. The maximum absolute atomic E-state index is 11.4. The molecule has 0 aromatic carbocycles. The molecule has 0 atom stereocenters. The Kier molecular flexibility index (Phi) is 3.74. The van der Waals surface area contributed by atoms with Gasteiger partial charge in [0, 0.05) is 12.3 Å². The van der Waals surface area contributed by atoms with Gasteiger partial charge in [0.15, 0.2) is 5.82 Å². The van der Waals surface area contributed by atoms with Crippen LogP contribution in [0.5, 0.6) is 0 Å². The summed E-state index contributed by atoms with van der Waals surface area (Å²) in [5.74, 6) is -0.218. The lowest BCUT2D eigenvalue weighted by Gasteiger charge is -2.03. The number of nitrogens with zero attached hydrogens (tertiary/aromatic N) is 3. The van der Waals surface area contributed by atoms with Gasteiger partial charge >= 0.3 is 5.97 Å². The number of halogens is 2. The van der Waals surface area contributed by atoms with Crippen molar-refractivity contribution in [2.24, 2.45) is 0 Å². The summed E-state index contributed by atoms with van der Waals surface area (Å²) < 4.78 is 4.61. The summed E-state index contributed by atoms with van der Waals surface area (Å²) in [6.45, 7) is 0. The summed E-state index contributed by atoms with van der Waals surface area (Å²) in [5.41, 5.74) is 0.740. The number of rotatable bonds is 2. The number of carbonyl (C=O) groups is 1. The molecule has 92 valence electrons. The second-order valence-electron chi connectivity index (χ2n) is 3.26. The van der Waals surface area contributed by atoms with Gasteiger partial charge in [0.05, 0.1) is 12.7 Å². The Morgan fingerprint density at radius 2 is 1.89 bits per heavy atom. The van der Waals surface area contributed by atoms with Gasteiger partial charge in [-0.3, -0.25) is 4.98 Å². The molecule has 2 aromatic rings. The zero-order chi connectivity index (χ0) is 13.1. The average molecular weight is 284 g/mol. The molecule has 0 spiro atoms. The molecule has 0 saturated carbocycles. The van der Waals surface area contributed by atoms with Crippen LogP contribution < -0.4 is 0 Å². The zero-order valence-corrected chi connectivity index (χ0v) is 10.7. The van der Waals surface area contributed by atoms with Crippen molar-refractivity contribution in [1.29, 1.82) is 0 Å². The second-order valence-corrected chi connectivity index (χ2v) is 4.03. The molecule has 2 aromatic heterocycles. The fourth-order valence-corrected chi connectivity index (χ4v) is 1.73. The first kappa shape index (κ1) is 12.7. The third-order valence-corrected chi connectivity index (χ3v) is 2.46. The highest BCUT2D eigenvalue weighted by atomic mass is 35.5. The largest absolute Gasteiger partial charge is 0.465 e. The number of carbonyl (C=O) groups excluding carboxylic acids is 1. The van der Waals surface area contributed by atoms with E-state index in [0.717, 1.165) is 0 Å². The molecular formula is C11H7Cl2N3O2. The Hall–Kier alpha value is -1.72. The predicted octanol–water partition coefficient (Wildman–Crippen LogP) is 2.63. The van der Waals surface area contributed by atoms with Gasteiger partial charge in [0.1, 0.15) is 16.0 Å². The molecule has 0 aliphatic carbocycles. The third-order valence-electron chi connectivity index (χ3n) is 2.07. The Labute approximate surface area is 113 Å². The Morgan fingerprint density at radius 3 is 2.50 bits per heavy atom. The van der Waals surface area contributed by atoms with Gasteiger partial charge in [-0.2, -0.15) is 0 Å². The minimum atomic E-state index is -0.466. The summed E-state index contributed by atoms with van der Waals surface area (Å²) in [4.78, 5) is 23.4. The van der Waals surface area contributed by atoms with Gasteiger partial charge in [0.25, 0.3) is 0 Å². The van der Waals surface area contributed by atoms with Crippen LogP contribution in [-0.4, -0.2) is 28.0 Å². The molecule has 0 N–H and O–H groups in total. The molecule has 0 radical (unpaired) electrons. The summed E-state index contributed by atoms with van der Waals surface area (Å²) >= 11 is 11.5. The monoisotopic (exact) mass is 283 g/mol. The van der Waals surface area contributed by atoms with Crippen LogP contribution in [0.4, 0.5) is 0 Å². The van der Waals surface area contributed by atoms with Gasteiger partial charge < -0.3 is 4.74 Å². The van der Waals surface area contributed by atoms with Crippen molar-refractivity contribution in [2.45, 2.75) is 0 Å². The zero-order valence-electron chi connectivity index (χ0n) is 9.22. The van der Waals surface area contributed by atoms with Crippen molar-refractivity contribution < 1.29 is 9.53 Å². The van der Waals surface area contributed by atoms with Crippen LogP contribution in [0.25, 0.3) is 11.5 Å². The fourth-order valence-electron chi connectivity index (χ4n) is 1.30. The summed E-state index contributed by atoms with van der Waals surface area (Å²) in [6, 6.07) is 4.45. The van der Waals surface area contributed by atoms with Crippen LogP contribution in [-0.2, 0) is 4.74 Å². The normalized spacial score (nSPS) is 10.2. The van der Waals surface area contributed by atoms with Crippen LogP contribution in [0.3, 0.4) is 0 Å². The van der Waals surface area contributed by atoms with E-state index in [1.54, 1.807) is 0 Å². The fraction of sp³-hybridized carbons (Fsp3) is 0.0909. The van der Waals surface area contributed by atoms with E-state index in [9.17, 15) is 4.79 Å². The standard InChI is InChI=1S/C11H7Cl2N3O2/c1-18-11(17)6-2-3-14-7(4-6)10-15-8(12)5-9(13)16-10/h2-5H,1H3. The van der Waals surface area contributed by atoms with E-state index in [4.69, 9.17) is 23.2 Å². The minimum Gasteiger partial charge on any atom is -0.465 e. The molecule has 0 amide bonds. The topological polar surface area (TPSA) is 65.0 Å². The lowest BCUT2D eigenvalue weighted by molar-refractivity contribution is 0.0600. The first-order valence-corrected chi connectivity index (χ1v) is 5.60. The van der Waals surface area contributed by atoms with Gasteiger partial charge in [-0.05, 0) is 12.1 Å². The van der Waals surface area contributed by atoms with E-state index < -0.39 is 5.97 Å². The molecule has 0 bridgehead atoms. The van der Waals surface area contributed by atoms with Gasteiger partial charge in [-0.1, -0.05) is 23.2 Å². The number of esters is 1. The Bertz CT molecular complexity index is 584. The van der Waals surface area contributed by atoms with Crippen LogP contribution in [0.2, 0.25) is 10.3 Å². The molecule has 2 heterocycles. The molecule has 7 heteroatoms. The lowest BCUT2D eigenvalue weighted by atomic mass is 10.2. The maximum atomic E-state index is 11.4. The van der Waals surface area contributed by atoms with Crippen LogP contribution in [0.15, 0.2) is 24.4 Å². The molecule has 2 rings (SSSR count). The van der Waals surface area contributed by atoms with Gasteiger partial charge in [-0.15, -0.1) is 0 Å². The van der Waals surface area contributed by atoms with Crippen molar-refractivity contribution in [3.8, 4) is 11.5 Å². The quantitative estimate of drug-likeness (QED) is 0.626. The van der Waals surface area contributed by atoms with Crippen LogP contribution in [0, 0.1) is 0 Å². The first-order valence-electron chi connectivity index (χ1n) is 4.85. The van der Waals surface area contributed by atoms with Crippen molar-refractivity contribution in [1.82, 2.24) is 15.0 Å². The SMILES string of the molecule is COC(=O)c1ccnc(-c2nc(Cl)cc(Cl)n2)c1. The van der Waals surface area contributed by atoms with E-state index in [2.05, 4.69) is 19.7 Å². The van der Waals surface area contributed by atoms with Crippen LogP contribution >= 0.6 is 23.2 Å². The number of hydrogen-bond acceptors (Lipinski definition) is 5.